The molecule has 0 bridgehead atoms. The summed E-state index contributed by atoms with van der Waals surface area (Å²) in [5.41, 5.74) is 8.52. The number of ether oxygens (including phenoxy) is 1. The molecular formula is C55H64BrN15O6S. The second kappa shape index (κ2) is 21.0. The Morgan fingerprint density at radius 1 is 0.846 bits per heavy atom. The Kier molecular flexibility index (Phi) is 14.0. The first-order valence-electron chi connectivity index (χ1n) is 26.9. The number of aryl methyl sites for hydroxylation is 1. The number of piperazine rings is 1. The summed E-state index contributed by atoms with van der Waals surface area (Å²) in [5, 5.41) is 13.6. The minimum Gasteiger partial charge on any atom is -0.494 e. The van der Waals surface area contributed by atoms with Gasteiger partial charge in [0.1, 0.15) is 23.1 Å². The van der Waals surface area contributed by atoms with Crippen molar-refractivity contribution in [3.05, 3.63) is 89.0 Å². The first-order valence-corrected chi connectivity index (χ1v) is 29.6. The lowest BCUT2D eigenvalue weighted by Crippen LogP contribution is -2.55. The topological polar surface area (TPSA) is 228 Å². The van der Waals surface area contributed by atoms with Crippen molar-refractivity contribution < 1.29 is 27.5 Å². The highest BCUT2D eigenvalue weighted by Gasteiger charge is 2.47. The molecule has 6 aliphatic rings. The fourth-order valence-electron chi connectivity index (χ4n) is 12.9. The number of aromatic nitrogens is 6. The van der Waals surface area contributed by atoms with Crippen molar-refractivity contribution in [2.75, 3.05) is 97.4 Å². The second-order valence-electron chi connectivity index (χ2n) is 22.0. The number of methoxy groups -OCH3 is 1. The van der Waals surface area contributed by atoms with Crippen LogP contribution in [0, 0.1) is 11.3 Å². The zero-order chi connectivity index (χ0) is 53.9. The Hall–Kier alpha value is -6.95. The molecule has 1 atom stereocenters. The van der Waals surface area contributed by atoms with Crippen LogP contribution in [0.1, 0.15) is 67.3 Å². The molecule has 8 heterocycles. The molecule has 3 aromatic carbocycles. The van der Waals surface area contributed by atoms with Crippen LogP contribution < -0.4 is 35.2 Å². The minimum absolute atomic E-state index is 0.124. The van der Waals surface area contributed by atoms with Crippen molar-refractivity contribution in [1.82, 2.24) is 49.7 Å². The maximum absolute atomic E-state index is 13.3. The number of halogens is 1. The van der Waals surface area contributed by atoms with Gasteiger partial charge in [0.2, 0.25) is 27.8 Å². The lowest BCUT2D eigenvalue weighted by molar-refractivity contribution is -0.136. The van der Waals surface area contributed by atoms with Gasteiger partial charge in [-0.25, -0.2) is 13.4 Å². The molecule has 3 aromatic heterocycles. The normalized spacial score (nSPS) is 20.5. The number of benzene rings is 3. The Balaban J connectivity index is 0.639. The molecule has 1 spiro atoms. The third-order valence-electron chi connectivity index (χ3n) is 16.9. The summed E-state index contributed by atoms with van der Waals surface area (Å²) in [5.74, 6) is 1.28. The van der Waals surface area contributed by atoms with E-state index in [1.54, 1.807) is 36.5 Å². The van der Waals surface area contributed by atoms with Gasteiger partial charge in [0, 0.05) is 144 Å². The van der Waals surface area contributed by atoms with Gasteiger partial charge < -0.3 is 35.0 Å². The number of fused-ring (bicyclic) bond motifs is 2. The molecule has 12 rings (SSSR count). The van der Waals surface area contributed by atoms with E-state index < -0.39 is 16.1 Å². The first kappa shape index (κ1) is 51.8. The van der Waals surface area contributed by atoms with E-state index >= 15 is 0 Å². The number of amides is 3. The van der Waals surface area contributed by atoms with Crippen LogP contribution in [0.15, 0.2) is 77.9 Å². The zero-order valence-electron chi connectivity index (χ0n) is 44.0. The van der Waals surface area contributed by atoms with Crippen LogP contribution in [-0.4, -0.2) is 155 Å². The predicted molar refractivity (Wildman–Crippen MR) is 302 cm³/mol. The Morgan fingerprint density at radius 3 is 2.36 bits per heavy atom. The third-order valence-corrected chi connectivity index (χ3v) is 18.0. The molecule has 0 radical (unpaired) electrons. The van der Waals surface area contributed by atoms with Crippen LogP contribution in [0.5, 0.6) is 5.75 Å². The number of hydrogen-bond acceptors (Lipinski definition) is 17. The number of nitrogens with one attached hydrogen (secondary N) is 4. The molecule has 78 heavy (non-hydrogen) atoms. The van der Waals surface area contributed by atoms with Crippen LogP contribution >= 0.6 is 15.9 Å². The first-order chi connectivity index (χ1) is 37.6. The van der Waals surface area contributed by atoms with E-state index in [1.807, 2.05) is 30.2 Å². The summed E-state index contributed by atoms with van der Waals surface area (Å²) >= 11 is 3.57. The Morgan fingerprint density at radius 2 is 1.63 bits per heavy atom. The molecule has 21 nitrogen and oxygen atoms in total. The maximum atomic E-state index is 13.3. The molecule has 5 fully saturated rings. The number of imide groups is 1. The van der Waals surface area contributed by atoms with Gasteiger partial charge in [0.05, 0.1) is 46.6 Å². The number of hydrogen-bond donors (Lipinski definition) is 4. The van der Waals surface area contributed by atoms with Crippen molar-refractivity contribution in [3.63, 3.8) is 0 Å². The van der Waals surface area contributed by atoms with Gasteiger partial charge in [-0.15, -0.1) is 0 Å². The third kappa shape index (κ3) is 10.6. The highest BCUT2D eigenvalue weighted by atomic mass is 79.9. The summed E-state index contributed by atoms with van der Waals surface area (Å²) in [7, 11) is -0.0963. The van der Waals surface area contributed by atoms with Crippen LogP contribution in [0.2, 0.25) is 0 Å². The van der Waals surface area contributed by atoms with Crippen molar-refractivity contribution in [2.45, 2.75) is 70.0 Å². The lowest BCUT2D eigenvalue weighted by atomic mass is 9.57. The van der Waals surface area contributed by atoms with Gasteiger partial charge in [0.25, 0.3) is 5.91 Å². The lowest BCUT2D eigenvalue weighted by Gasteiger charge is -2.54. The average molecular weight is 1140 g/mol. The van der Waals surface area contributed by atoms with Gasteiger partial charge in [-0.1, -0.05) is 0 Å². The van der Waals surface area contributed by atoms with Gasteiger partial charge in [0.15, 0.2) is 0 Å². The second-order valence-corrected chi connectivity index (χ2v) is 24.6. The summed E-state index contributed by atoms with van der Waals surface area (Å²) in [6.45, 7) is 9.83. The number of sulfonamides is 1. The fraction of sp³-hybridized carbons (Fsp3) is 0.455. The predicted octanol–water partition coefficient (Wildman–Crippen LogP) is 6.49. The number of carbonyl (C=O) groups excluding carboxylic acids is 3. The van der Waals surface area contributed by atoms with Crippen molar-refractivity contribution in [1.29, 1.82) is 0 Å². The number of piperidine rings is 3. The molecule has 1 saturated carbocycles. The van der Waals surface area contributed by atoms with Crippen molar-refractivity contribution >= 4 is 94.9 Å². The maximum Gasteiger partial charge on any atom is 0.255 e. The number of carbonyl (C=O) groups is 3. The molecule has 4 saturated heterocycles. The van der Waals surface area contributed by atoms with Crippen molar-refractivity contribution in [3.8, 4) is 16.9 Å². The van der Waals surface area contributed by atoms with E-state index in [4.69, 9.17) is 9.72 Å². The van der Waals surface area contributed by atoms with Crippen LogP contribution in [0.25, 0.3) is 22.2 Å². The van der Waals surface area contributed by atoms with E-state index in [0.717, 1.165) is 105 Å². The standard InChI is InChI=1S/C55H64BrN15O6S/c1-66-32-36(29-60-66)40-25-44(62-54-59-30-41(56)51(64-54)61-43-7-6-42-49(58-15-14-57-42)50(43)65-78(3,75)76)47(77-2)26-46(40)70-16-10-37(11-17-70)69-22-20-67(21-23-69)31-34-27-55(28-34)12-18-68(19-13-55)38-4-5-39-35(24-38)33-71(53(39)74)45-8-9-48(72)63-52(45)73/h4-7,14-15,24-26,29-30,32,34,37,45,65H,8-13,16-23,27-28,31,33H2,1-3H3,(H,63,72,73)(H2,59,61,62,64). The fourth-order valence-corrected chi connectivity index (χ4v) is 13.8. The van der Waals surface area contributed by atoms with Gasteiger partial charge in [-0.05, 0) is 114 Å². The summed E-state index contributed by atoms with van der Waals surface area (Å²) in [4.78, 5) is 67.7. The molecular weight excluding hydrogens is 1080 g/mol. The van der Waals surface area contributed by atoms with Gasteiger partial charge in [-0.2, -0.15) is 10.1 Å². The monoisotopic (exact) mass is 1140 g/mol. The van der Waals surface area contributed by atoms with E-state index in [1.165, 1.54) is 38.4 Å². The van der Waals surface area contributed by atoms with E-state index in [9.17, 15) is 22.8 Å². The number of anilines is 7. The van der Waals surface area contributed by atoms with E-state index in [0.29, 0.717) is 68.4 Å². The summed E-state index contributed by atoms with van der Waals surface area (Å²) in [6.07, 6.45) is 17.4. The largest absolute Gasteiger partial charge is 0.494 e. The highest BCUT2D eigenvalue weighted by Crippen LogP contribution is 2.53. The highest BCUT2D eigenvalue weighted by molar-refractivity contribution is 9.10. The molecule has 5 aliphatic heterocycles. The zero-order valence-corrected chi connectivity index (χ0v) is 46.4. The summed E-state index contributed by atoms with van der Waals surface area (Å²) < 4.78 is 35.9. The molecule has 4 N–H and O–H groups in total. The summed E-state index contributed by atoms with van der Waals surface area (Å²) in [6, 6.07) is 13.7. The van der Waals surface area contributed by atoms with Crippen LogP contribution in [0.4, 0.5) is 40.2 Å². The average Bonchev–Trinajstić information content (AvgIpc) is 4.11. The molecule has 408 valence electrons. The van der Waals surface area contributed by atoms with E-state index in [2.05, 4.69) is 101 Å². The molecule has 1 aliphatic carbocycles. The Labute approximate surface area is 461 Å². The molecule has 23 heteroatoms. The molecule has 6 aromatic rings. The molecule has 3 amide bonds. The van der Waals surface area contributed by atoms with Crippen molar-refractivity contribution in [2.24, 2.45) is 18.4 Å². The van der Waals surface area contributed by atoms with E-state index in [-0.39, 0.29) is 35.8 Å². The smallest absolute Gasteiger partial charge is 0.255 e. The Bertz CT molecular complexity index is 3420. The molecule has 1 unspecified atom stereocenters. The van der Waals surface area contributed by atoms with Gasteiger partial charge in [-0.3, -0.25) is 44.0 Å². The minimum atomic E-state index is -3.67. The van der Waals surface area contributed by atoms with Gasteiger partial charge >= 0.3 is 0 Å². The quantitative estimate of drug-likeness (QED) is 0.0854. The van der Waals surface area contributed by atoms with Crippen LogP contribution in [-0.2, 0) is 33.2 Å². The number of rotatable bonds is 14. The number of nitrogens with zero attached hydrogens (tertiary/aromatic N) is 11. The SMILES string of the molecule is COc1cc(N2CCC(N3CCN(CC4CC5(CCN(c6ccc7c(c6)CN(C6CCC(=O)NC6=O)C7=O)CC5)C4)CC3)CC2)c(-c2cnn(C)c2)cc1Nc1ncc(Br)c(Nc2ccc3nccnc3c2NS(C)(=O)=O)n1. The van der Waals surface area contributed by atoms with Crippen LogP contribution in [0.3, 0.4) is 0 Å².